The van der Waals surface area contributed by atoms with Crippen LogP contribution >= 0.6 is 0 Å². The monoisotopic (exact) mass is 438 g/mol. The highest BCUT2D eigenvalue weighted by molar-refractivity contribution is 5.88. The van der Waals surface area contributed by atoms with E-state index in [2.05, 4.69) is 20.2 Å². The lowest BCUT2D eigenvalue weighted by molar-refractivity contribution is 0.0489. The largest absolute Gasteiger partial charge is 0.496 e. The topological polar surface area (TPSA) is 105 Å². The SMILES string of the molecule is COc1cc2ccncc2cc1-c1ncc(N(C)[C@@H]2C[C@H]3CC[C@@H]([C@@H]2F)N3C(=O)O)nn1. The van der Waals surface area contributed by atoms with E-state index >= 15 is 4.39 Å². The average molecular weight is 438 g/mol. The highest BCUT2D eigenvalue weighted by atomic mass is 19.1. The van der Waals surface area contributed by atoms with Crippen molar-refractivity contribution in [2.24, 2.45) is 0 Å². The van der Waals surface area contributed by atoms with Crippen molar-refractivity contribution in [1.29, 1.82) is 0 Å². The first-order chi connectivity index (χ1) is 15.5. The van der Waals surface area contributed by atoms with E-state index in [1.165, 1.54) is 4.90 Å². The van der Waals surface area contributed by atoms with Crippen molar-refractivity contribution < 1.29 is 19.0 Å². The second kappa shape index (κ2) is 7.85. The van der Waals surface area contributed by atoms with E-state index in [-0.39, 0.29) is 6.04 Å². The third kappa shape index (κ3) is 3.26. The molecule has 0 radical (unpaired) electrons. The van der Waals surface area contributed by atoms with Crippen LogP contribution in [0.15, 0.2) is 36.8 Å². The molecule has 166 valence electrons. The zero-order valence-corrected chi connectivity index (χ0v) is 17.7. The van der Waals surface area contributed by atoms with Gasteiger partial charge in [-0.1, -0.05) is 0 Å². The molecular formula is C22H23FN6O3. The molecule has 2 saturated heterocycles. The average Bonchev–Trinajstić information content (AvgIpc) is 3.17. The fourth-order valence-electron chi connectivity index (χ4n) is 4.97. The molecule has 0 unspecified atom stereocenters. The summed E-state index contributed by atoms with van der Waals surface area (Å²) in [6.45, 7) is 0. The zero-order valence-electron chi connectivity index (χ0n) is 17.7. The minimum absolute atomic E-state index is 0.174. The molecule has 0 saturated carbocycles. The first kappa shape index (κ1) is 20.3. The summed E-state index contributed by atoms with van der Waals surface area (Å²) in [5.41, 5.74) is 0.686. The molecule has 2 aromatic heterocycles. The Labute approximate surface area is 183 Å². The van der Waals surface area contributed by atoms with Crippen molar-refractivity contribution in [2.75, 3.05) is 19.1 Å². The minimum atomic E-state index is -1.30. The molecule has 2 aliphatic heterocycles. The van der Waals surface area contributed by atoms with E-state index in [0.29, 0.717) is 42.2 Å². The van der Waals surface area contributed by atoms with Crippen molar-refractivity contribution >= 4 is 22.7 Å². The fourth-order valence-corrected chi connectivity index (χ4v) is 4.97. The Morgan fingerprint density at radius 1 is 1.25 bits per heavy atom. The van der Waals surface area contributed by atoms with Crippen LogP contribution in [0.5, 0.6) is 5.75 Å². The van der Waals surface area contributed by atoms with Crippen LogP contribution in [0.3, 0.4) is 0 Å². The van der Waals surface area contributed by atoms with Crippen molar-refractivity contribution in [2.45, 2.75) is 43.6 Å². The second-order valence-electron chi connectivity index (χ2n) is 8.26. The van der Waals surface area contributed by atoms with E-state index < -0.39 is 24.3 Å². The van der Waals surface area contributed by atoms with Crippen molar-refractivity contribution in [3.63, 3.8) is 0 Å². The van der Waals surface area contributed by atoms with Gasteiger partial charge in [0.15, 0.2) is 11.6 Å². The third-order valence-electron chi connectivity index (χ3n) is 6.62. The van der Waals surface area contributed by atoms with Gasteiger partial charge in [-0.05, 0) is 42.8 Å². The number of benzene rings is 1. The first-order valence-electron chi connectivity index (χ1n) is 10.5. The van der Waals surface area contributed by atoms with Gasteiger partial charge >= 0.3 is 6.09 Å². The molecule has 4 atom stereocenters. The first-order valence-corrected chi connectivity index (χ1v) is 10.5. The Hall–Kier alpha value is -3.56. The standard InChI is InChI=1S/C22H23FN6O3/c1-28(17-9-14-3-4-16(20(17)23)29(14)22(30)31)19-11-25-21(27-26-19)15-7-13-10-24-6-5-12(13)8-18(15)32-2/h5-8,10-11,14,16-17,20H,3-4,9H2,1-2H3,(H,30,31)/t14-,16+,17-,20+/m1/s1. The molecule has 4 heterocycles. The van der Waals surface area contributed by atoms with E-state index in [4.69, 9.17) is 4.74 Å². The fraction of sp³-hybridized carbons (Fsp3) is 0.409. The van der Waals surface area contributed by atoms with Gasteiger partial charge in [0.05, 0.1) is 31.0 Å². The van der Waals surface area contributed by atoms with Crippen molar-refractivity contribution in [1.82, 2.24) is 25.1 Å². The summed E-state index contributed by atoms with van der Waals surface area (Å²) >= 11 is 0. The molecule has 32 heavy (non-hydrogen) atoms. The normalized spacial score (nSPS) is 24.5. The molecule has 0 spiro atoms. The van der Waals surface area contributed by atoms with Gasteiger partial charge in [-0.2, -0.15) is 0 Å². The Morgan fingerprint density at radius 2 is 2.09 bits per heavy atom. The van der Waals surface area contributed by atoms with Gasteiger partial charge in [-0.3, -0.25) is 9.88 Å². The van der Waals surface area contributed by atoms with E-state index in [1.807, 2.05) is 18.2 Å². The molecule has 2 aliphatic rings. The third-order valence-corrected chi connectivity index (χ3v) is 6.62. The summed E-state index contributed by atoms with van der Waals surface area (Å²) in [5, 5.41) is 19.9. The van der Waals surface area contributed by atoms with Crippen LogP contribution in [-0.2, 0) is 0 Å². The Morgan fingerprint density at radius 3 is 2.81 bits per heavy atom. The number of carboxylic acid groups (broad SMARTS) is 1. The number of amides is 1. The summed E-state index contributed by atoms with van der Waals surface area (Å²) in [4.78, 5) is 23.1. The van der Waals surface area contributed by atoms with E-state index in [0.717, 1.165) is 10.8 Å². The maximum Gasteiger partial charge on any atom is 0.407 e. The van der Waals surface area contributed by atoms with E-state index in [1.54, 1.807) is 37.6 Å². The number of rotatable bonds is 4. The van der Waals surface area contributed by atoms with Crippen LogP contribution < -0.4 is 9.64 Å². The lowest BCUT2D eigenvalue weighted by Crippen LogP contribution is -2.58. The quantitative estimate of drug-likeness (QED) is 0.662. The number of hydrogen-bond acceptors (Lipinski definition) is 7. The molecule has 5 rings (SSSR count). The van der Waals surface area contributed by atoms with Gasteiger partial charge < -0.3 is 14.7 Å². The summed E-state index contributed by atoms with van der Waals surface area (Å²) in [6, 6.07) is 4.43. The number of pyridine rings is 1. The molecule has 9 nitrogen and oxygen atoms in total. The van der Waals surface area contributed by atoms with Crippen molar-refractivity contribution in [3.8, 4) is 17.1 Å². The molecule has 1 N–H and O–H groups in total. The molecule has 3 aromatic rings. The minimum Gasteiger partial charge on any atom is -0.496 e. The van der Waals surface area contributed by atoms with Crippen LogP contribution in [0.4, 0.5) is 15.0 Å². The molecule has 1 aromatic carbocycles. The lowest BCUT2D eigenvalue weighted by atomic mass is 9.94. The lowest BCUT2D eigenvalue weighted by Gasteiger charge is -2.43. The number of alkyl halides is 1. The highest BCUT2D eigenvalue weighted by Gasteiger charge is 2.51. The van der Waals surface area contributed by atoms with Crippen LogP contribution in [-0.4, -0.2) is 74.7 Å². The molecule has 2 bridgehead atoms. The Kier molecular flexibility index (Phi) is 4.99. The zero-order chi connectivity index (χ0) is 22.4. The van der Waals surface area contributed by atoms with Crippen molar-refractivity contribution in [3.05, 3.63) is 36.8 Å². The Bertz CT molecular complexity index is 1160. The number of carbonyl (C=O) groups is 1. The molecule has 1 amide bonds. The number of piperidine rings is 1. The number of methoxy groups -OCH3 is 1. The number of ether oxygens (including phenoxy) is 1. The number of anilines is 1. The van der Waals surface area contributed by atoms with Gasteiger partial charge in [0, 0.05) is 30.9 Å². The summed E-state index contributed by atoms with van der Waals surface area (Å²) < 4.78 is 20.8. The van der Waals surface area contributed by atoms with Crippen LogP contribution in [0.25, 0.3) is 22.2 Å². The second-order valence-corrected chi connectivity index (χ2v) is 8.26. The van der Waals surface area contributed by atoms with Crippen LogP contribution in [0.1, 0.15) is 19.3 Å². The van der Waals surface area contributed by atoms with Gasteiger partial charge in [-0.15, -0.1) is 10.2 Å². The number of hydrogen-bond donors (Lipinski definition) is 1. The maximum atomic E-state index is 15.2. The molecule has 2 fully saturated rings. The van der Waals surface area contributed by atoms with Crippen LogP contribution in [0.2, 0.25) is 0 Å². The molecular weight excluding hydrogens is 415 g/mol. The summed E-state index contributed by atoms with van der Waals surface area (Å²) in [6.07, 6.45) is 4.32. The number of halogens is 1. The number of aromatic nitrogens is 4. The van der Waals surface area contributed by atoms with Gasteiger partial charge in [-0.25, -0.2) is 14.2 Å². The number of fused-ring (bicyclic) bond motifs is 3. The summed E-state index contributed by atoms with van der Waals surface area (Å²) in [5.74, 6) is 1.45. The number of nitrogens with zero attached hydrogens (tertiary/aromatic N) is 6. The highest BCUT2D eigenvalue weighted by Crippen LogP contribution is 2.40. The van der Waals surface area contributed by atoms with Gasteiger partial charge in [0.2, 0.25) is 0 Å². The summed E-state index contributed by atoms with van der Waals surface area (Å²) in [7, 11) is 3.33. The molecule has 10 heteroatoms. The predicted octanol–water partition coefficient (Wildman–Crippen LogP) is 3.15. The molecule has 0 aliphatic carbocycles. The van der Waals surface area contributed by atoms with Gasteiger partial charge in [0.1, 0.15) is 11.9 Å². The van der Waals surface area contributed by atoms with Crippen LogP contribution in [0, 0.1) is 0 Å². The van der Waals surface area contributed by atoms with Gasteiger partial charge in [0.25, 0.3) is 0 Å². The van der Waals surface area contributed by atoms with E-state index in [9.17, 15) is 9.90 Å². The maximum absolute atomic E-state index is 15.2. The smallest absolute Gasteiger partial charge is 0.407 e. The predicted molar refractivity (Wildman–Crippen MR) is 115 cm³/mol. The Balaban J connectivity index is 1.41.